The van der Waals surface area contributed by atoms with Gasteiger partial charge in [-0.25, -0.2) is 0 Å². The lowest BCUT2D eigenvalue weighted by molar-refractivity contribution is -0.140. The fourth-order valence-electron chi connectivity index (χ4n) is 4.68. The molecule has 0 radical (unpaired) electrons. The summed E-state index contributed by atoms with van der Waals surface area (Å²) in [7, 11) is 1.47. The van der Waals surface area contributed by atoms with E-state index in [1.54, 1.807) is 5.57 Å². The van der Waals surface area contributed by atoms with Gasteiger partial charge >= 0.3 is 5.97 Å². The van der Waals surface area contributed by atoms with E-state index in [0.717, 1.165) is 36.5 Å². The molecule has 0 N–H and O–H groups in total. The van der Waals surface area contributed by atoms with E-state index in [2.05, 4.69) is 10.8 Å². The predicted molar refractivity (Wildman–Crippen MR) is 71.0 cm³/mol. The maximum atomic E-state index is 11.1. The molecule has 0 aliphatic heterocycles. The van der Waals surface area contributed by atoms with Crippen LogP contribution in [0, 0.1) is 23.7 Å². The second-order valence-electron chi connectivity index (χ2n) is 6.48. The lowest BCUT2D eigenvalue weighted by Crippen LogP contribution is -2.40. The predicted octanol–water partition coefficient (Wildman–Crippen LogP) is 3.71. The molecule has 2 heteroatoms. The van der Waals surface area contributed by atoms with Crippen molar-refractivity contribution in [3.63, 3.8) is 0 Å². The third-order valence-electron chi connectivity index (χ3n) is 5.27. The molecule has 4 saturated carbocycles. The van der Waals surface area contributed by atoms with Crippen molar-refractivity contribution in [2.24, 2.45) is 23.7 Å². The van der Waals surface area contributed by atoms with Crippen LogP contribution < -0.4 is 0 Å². The first-order valence-corrected chi connectivity index (χ1v) is 7.53. The minimum atomic E-state index is -0.0708. The molecular weight excluding hydrogens is 224 g/mol. The van der Waals surface area contributed by atoms with Crippen molar-refractivity contribution in [2.75, 3.05) is 7.11 Å². The maximum Gasteiger partial charge on any atom is 0.305 e. The van der Waals surface area contributed by atoms with Gasteiger partial charge in [0.1, 0.15) is 0 Å². The van der Waals surface area contributed by atoms with Crippen molar-refractivity contribution in [2.45, 2.75) is 51.4 Å². The summed E-state index contributed by atoms with van der Waals surface area (Å²) in [6.07, 6.45) is 12.4. The molecule has 4 bridgehead atoms. The molecule has 0 aromatic rings. The van der Waals surface area contributed by atoms with Gasteiger partial charge in [-0.1, -0.05) is 11.6 Å². The van der Waals surface area contributed by atoms with E-state index in [1.807, 2.05) is 0 Å². The zero-order valence-electron chi connectivity index (χ0n) is 11.4. The Morgan fingerprint density at radius 1 is 1.17 bits per heavy atom. The lowest BCUT2D eigenvalue weighted by Gasteiger charge is -2.51. The molecule has 0 aromatic carbocycles. The zero-order chi connectivity index (χ0) is 12.5. The van der Waals surface area contributed by atoms with Crippen LogP contribution in [-0.2, 0) is 9.53 Å². The summed E-state index contributed by atoms with van der Waals surface area (Å²) in [6, 6.07) is 0. The monoisotopic (exact) mass is 248 g/mol. The number of unbranched alkanes of at least 4 members (excludes halogenated alkanes) is 1. The fourth-order valence-corrected chi connectivity index (χ4v) is 4.68. The van der Waals surface area contributed by atoms with Gasteiger partial charge in [0, 0.05) is 6.42 Å². The summed E-state index contributed by atoms with van der Waals surface area (Å²) < 4.78 is 4.68. The Morgan fingerprint density at radius 2 is 1.78 bits per heavy atom. The van der Waals surface area contributed by atoms with Gasteiger partial charge in [0.2, 0.25) is 0 Å². The van der Waals surface area contributed by atoms with Crippen LogP contribution in [0.15, 0.2) is 11.6 Å². The molecule has 2 nitrogen and oxygen atoms in total. The summed E-state index contributed by atoms with van der Waals surface area (Å²) in [5.41, 5.74) is 1.76. The Balaban J connectivity index is 1.54. The molecule has 0 unspecified atom stereocenters. The first-order chi connectivity index (χ1) is 8.76. The number of hydrogen-bond acceptors (Lipinski definition) is 2. The third-order valence-corrected chi connectivity index (χ3v) is 5.27. The summed E-state index contributed by atoms with van der Waals surface area (Å²) in [5, 5.41) is 0. The van der Waals surface area contributed by atoms with Crippen LogP contribution in [0.3, 0.4) is 0 Å². The first-order valence-electron chi connectivity index (χ1n) is 7.53. The number of methoxy groups -OCH3 is 1. The van der Waals surface area contributed by atoms with Gasteiger partial charge in [-0.2, -0.15) is 0 Å². The summed E-state index contributed by atoms with van der Waals surface area (Å²) in [5.74, 6) is 3.82. The largest absolute Gasteiger partial charge is 0.469 e. The van der Waals surface area contributed by atoms with E-state index >= 15 is 0 Å². The zero-order valence-corrected chi connectivity index (χ0v) is 11.4. The Hall–Kier alpha value is -0.790. The van der Waals surface area contributed by atoms with Gasteiger partial charge in [-0.05, 0) is 68.6 Å². The topological polar surface area (TPSA) is 26.3 Å². The molecule has 0 atom stereocenters. The lowest BCUT2D eigenvalue weighted by atomic mass is 9.54. The third kappa shape index (κ3) is 2.34. The second kappa shape index (κ2) is 5.07. The maximum absolute atomic E-state index is 11.1. The van der Waals surface area contributed by atoms with Crippen molar-refractivity contribution >= 4 is 5.97 Å². The molecule has 0 spiro atoms. The Labute approximate surface area is 110 Å². The summed E-state index contributed by atoms with van der Waals surface area (Å²) in [4.78, 5) is 11.1. The first kappa shape index (κ1) is 12.3. The molecule has 4 aliphatic rings. The van der Waals surface area contributed by atoms with Crippen molar-refractivity contribution in [1.29, 1.82) is 0 Å². The van der Waals surface area contributed by atoms with Crippen LogP contribution in [0.2, 0.25) is 0 Å². The normalized spacial score (nSPS) is 36.8. The highest BCUT2D eigenvalue weighted by atomic mass is 16.5. The minimum Gasteiger partial charge on any atom is -0.469 e. The molecule has 0 aromatic heterocycles. The number of rotatable bonds is 4. The smallest absolute Gasteiger partial charge is 0.305 e. The number of carbonyl (C=O) groups is 1. The number of hydrogen-bond donors (Lipinski definition) is 0. The van der Waals surface area contributed by atoms with Crippen LogP contribution in [0.4, 0.5) is 0 Å². The van der Waals surface area contributed by atoms with Gasteiger partial charge in [-0.15, -0.1) is 0 Å². The van der Waals surface area contributed by atoms with Crippen LogP contribution >= 0.6 is 0 Å². The van der Waals surface area contributed by atoms with E-state index in [-0.39, 0.29) is 5.97 Å². The van der Waals surface area contributed by atoms with Gasteiger partial charge < -0.3 is 4.74 Å². The number of carbonyl (C=O) groups excluding carboxylic acids is 1. The van der Waals surface area contributed by atoms with Gasteiger partial charge in [0.05, 0.1) is 7.11 Å². The number of esters is 1. The molecule has 0 amide bonds. The van der Waals surface area contributed by atoms with E-state index in [0.29, 0.717) is 6.42 Å². The SMILES string of the molecule is COC(=O)CCCC=C1C2CC3CC(C2)CC1C3. The van der Waals surface area contributed by atoms with Crippen molar-refractivity contribution < 1.29 is 9.53 Å². The van der Waals surface area contributed by atoms with Crippen molar-refractivity contribution in [3.8, 4) is 0 Å². The average molecular weight is 248 g/mol. The quantitative estimate of drug-likeness (QED) is 0.430. The van der Waals surface area contributed by atoms with Crippen molar-refractivity contribution in [3.05, 3.63) is 11.6 Å². The van der Waals surface area contributed by atoms with Gasteiger partial charge in [-0.3, -0.25) is 4.79 Å². The van der Waals surface area contributed by atoms with E-state index in [4.69, 9.17) is 0 Å². The molecular formula is C16H24O2. The van der Waals surface area contributed by atoms with E-state index < -0.39 is 0 Å². The highest BCUT2D eigenvalue weighted by Gasteiger charge is 2.44. The van der Waals surface area contributed by atoms with Crippen LogP contribution in [0.1, 0.15) is 51.4 Å². The van der Waals surface area contributed by atoms with E-state index in [9.17, 15) is 4.79 Å². The highest BCUT2D eigenvalue weighted by Crippen LogP contribution is 2.56. The standard InChI is InChI=1S/C16H24O2/c1-18-16(17)5-3-2-4-15-13-7-11-6-12(9-13)10-14(15)8-11/h4,11-14H,2-3,5-10H2,1H3. The van der Waals surface area contributed by atoms with Crippen LogP contribution in [0.25, 0.3) is 0 Å². The highest BCUT2D eigenvalue weighted by molar-refractivity contribution is 5.69. The van der Waals surface area contributed by atoms with Gasteiger partial charge in [0.15, 0.2) is 0 Å². The van der Waals surface area contributed by atoms with Gasteiger partial charge in [0.25, 0.3) is 0 Å². The van der Waals surface area contributed by atoms with E-state index in [1.165, 1.54) is 39.2 Å². The number of ether oxygens (including phenoxy) is 1. The minimum absolute atomic E-state index is 0.0708. The fraction of sp³-hybridized carbons (Fsp3) is 0.812. The molecule has 18 heavy (non-hydrogen) atoms. The Bertz CT molecular complexity index is 326. The average Bonchev–Trinajstić information content (AvgIpc) is 2.36. The second-order valence-corrected chi connectivity index (χ2v) is 6.48. The summed E-state index contributed by atoms with van der Waals surface area (Å²) >= 11 is 0. The number of allylic oxidation sites excluding steroid dienone is 2. The Morgan fingerprint density at radius 3 is 2.33 bits per heavy atom. The molecule has 4 rings (SSSR count). The molecule has 0 heterocycles. The summed E-state index contributed by atoms with van der Waals surface area (Å²) in [6.45, 7) is 0. The molecule has 4 aliphatic carbocycles. The Kier molecular flexibility index (Phi) is 3.45. The molecule has 100 valence electrons. The molecule has 0 saturated heterocycles. The van der Waals surface area contributed by atoms with Crippen LogP contribution in [0.5, 0.6) is 0 Å². The van der Waals surface area contributed by atoms with Crippen molar-refractivity contribution in [1.82, 2.24) is 0 Å². The molecule has 4 fully saturated rings. The van der Waals surface area contributed by atoms with Crippen LogP contribution in [-0.4, -0.2) is 13.1 Å².